The summed E-state index contributed by atoms with van der Waals surface area (Å²) in [5, 5.41) is 9.51. The van der Waals surface area contributed by atoms with Crippen molar-refractivity contribution < 1.29 is 33.5 Å². The van der Waals surface area contributed by atoms with Crippen molar-refractivity contribution in [3.05, 3.63) is 71.3 Å². The molecular formula is C31H44N4O7. The Balaban J connectivity index is 0.00000216. The highest BCUT2D eigenvalue weighted by molar-refractivity contribution is 6.37. The van der Waals surface area contributed by atoms with Crippen molar-refractivity contribution in [3.63, 3.8) is 0 Å². The molecule has 2 aromatic carbocycles. The number of esters is 1. The summed E-state index contributed by atoms with van der Waals surface area (Å²) < 4.78 is 4.63. The highest BCUT2D eigenvalue weighted by Crippen LogP contribution is 2.06. The molecule has 1 atom stereocenters. The Bertz CT molecular complexity index is 1160. The van der Waals surface area contributed by atoms with Crippen LogP contribution in [0.2, 0.25) is 0 Å². The summed E-state index contributed by atoms with van der Waals surface area (Å²) in [4.78, 5) is 71.6. The maximum Gasteiger partial charge on any atom is 0.337 e. The number of rotatable bonds is 11. The lowest BCUT2D eigenvalue weighted by Gasteiger charge is -2.14. The van der Waals surface area contributed by atoms with E-state index < -0.39 is 48.0 Å². The highest BCUT2D eigenvalue weighted by atomic mass is 16.5. The average Bonchev–Trinajstić information content (AvgIpc) is 2.97. The number of ether oxygens (including phenoxy) is 1. The molecule has 0 heterocycles. The van der Waals surface area contributed by atoms with Crippen molar-refractivity contribution in [2.45, 2.75) is 60.5 Å². The van der Waals surface area contributed by atoms with Crippen LogP contribution in [0.4, 0.5) is 0 Å². The highest BCUT2D eigenvalue weighted by Gasteiger charge is 2.19. The third-order valence-corrected chi connectivity index (χ3v) is 4.69. The van der Waals surface area contributed by atoms with Crippen LogP contribution in [0.1, 0.15) is 74.2 Å². The standard InChI is InChI=1S/C24H26N4O7.C4H10.C3H8/c1-15(28-20(30)14-27-22(32)17-8-4-3-5-9-17)21(31)26-13-19(29)23(33)25-12-16-7-6-10-18(11-16)24(34)35-2;1-4(2)3;1-3-2/h3-11,15H,12-14H2,1-2H3,(H,25,33)(H,26,31)(H,27,32)(H,28,30);4H,1-3H3;3H2,1-2H3/t15-;;/m0../s1. The number of ketones is 1. The Labute approximate surface area is 248 Å². The number of methoxy groups -OCH3 is 1. The van der Waals surface area contributed by atoms with Crippen LogP contribution in [0.5, 0.6) is 0 Å². The van der Waals surface area contributed by atoms with Gasteiger partial charge >= 0.3 is 5.97 Å². The molecule has 0 fully saturated rings. The number of amides is 4. The van der Waals surface area contributed by atoms with Crippen molar-refractivity contribution >= 4 is 35.4 Å². The van der Waals surface area contributed by atoms with Crippen LogP contribution in [0.15, 0.2) is 54.6 Å². The summed E-state index contributed by atoms with van der Waals surface area (Å²) in [5.41, 5.74) is 1.27. The SMILES string of the molecule is CC(C)C.CCC.COC(=O)c1cccc(CNC(=O)C(=O)CNC(=O)[C@H](C)NC(=O)CNC(=O)c2ccccc2)c1. The van der Waals surface area contributed by atoms with E-state index in [0.29, 0.717) is 16.7 Å². The summed E-state index contributed by atoms with van der Waals surface area (Å²) in [7, 11) is 1.25. The van der Waals surface area contributed by atoms with Crippen molar-refractivity contribution in [1.82, 2.24) is 21.3 Å². The molecule has 0 saturated carbocycles. The minimum atomic E-state index is -1.01. The predicted molar refractivity (Wildman–Crippen MR) is 161 cm³/mol. The van der Waals surface area contributed by atoms with Gasteiger partial charge in [0.1, 0.15) is 6.04 Å². The summed E-state index contributed by atoms with van der Waals surface area (Å²) in [6.45, 7) is 11.2. The first kappa shape index (κ1) is 37.5. The van der Waals surface area contributed by atoms with Crippen molar-refractivity contribution in [3.8, 4) is 0 Å². The zero-order valence-corrected chi connectivity index (χ0v) is 25.5. The molecule has 0 saturated heterocycles. The molecule has 0 radical (unpaired) electrons. The number of hydrogen-bond donors (Lipinski definition) is 4. The molecule has 230 valence electrons. The average molecular weight is 585 g/mol. The van der Waals surface area contributed by atoms with Crippen LogP contribution < -0.4 is 21.3 Å². The molecule has 0 unspecified atom stereocenters. The van der Waals surface area contributed by atoms with E-state index in [0.717, 1.165) is 5.92 Å². The lowest BCUT2D eigenvalue weighted by Crippen LogP contribution is -2.49. The molecule has 0 spiro atoms. The molecule has 0 aromatic heterocycles. The van der Waals surface area contributed by atoms with Crippen LogP contribution in [0, 0.1) is 5.92 Å². The van der Waals surface area contributed by atoms with E-state index in [4.69, 9.17) is 0 Å². The molecule has 4 amide bonds. The Kier molecular flexibility index (Phi) is 18.9. The number of Topliss-reactive ketones (excluding diaryl/α,β-unsaturated/α-hetero) is 1. The Morgan fingerprint density at radius 1 is 0.762 bits per heavy atom. The summed E-state index contributed by atoms with van der Waals surface area (Å²) >= 11 is 0. The first-order valence-corrected chi connectivity index (χ1v) is 13.7. The molecule has 42 heavy (non-hydrogen) atoms. The van der Waals surface area contributed by atoms with Gasteiger partial charge in [-0.15, -0.1) is 0 Å². The zero-order valence-electron chi connectivity index (χ0n) is 25.5. The molecule has 0 aliphatic rings. The van der Waals surface area contributed by atoms with Crippen LogP contribution >= 0.6 is 0 Å². The molecule has 11 heteroatoms. The van der Waals surface area contributed by atoms with Gasteiger partial charge in [0.2, 0.25) is 17.6 Å². The number of carbonyl (C=O) groups excluding carboxylic acids is 6. The van der Waals surface area contributed by atoms with Crippen LogP contribution in [0.3, 0.4) is 0 Å². The van der Waals surface area contributed by atoms with Gasteiger partial charge in [-0.1, -0.05) is 71.4 Å². The monoisotopic (exact) mass is 584 g/mol. The van der Waals surface area contributed by atoms with Gasteiger partial charge in [0.05, 0.1) is 25.8 Å². The smallest absolute Gasteiger partial charge is 0.337 e. The van der Waals surface area contributed by atoms with Gasteiger partial charge in [-0.05, 0) is 42.7 Å². The Morgan fingerprint density at radius 3 is 1.90 bits per heavy atom. The number of nitrogens with one attached hydrogen (secondary N) is 4. The van der Waals surface area contributed by atoms with Gasteiger partial charge < -0.3 is 26.0 Å². The maximum absolute atomic E-state index is 12.1. The van der Waals surface area contributed by atoms with Crippen molar-refractivity contribution in [1.29, 1.82) is 0 Å². The van der Waals surface area contributed by atoms with Crippen LogP contribution in [0.25, 0.3) is 0 Å². The molecule has 2 rings (SSSR count). The van der Waals surface area contributed by atoms with Gasteiger partial charge in [-0.2, -0.15) is 0 Å². The lowest BCUT2D eigenvalue weighted by molar-refractivity contribution is -0.138. The van der Waals surface area contributed by atoms with E-state index in [1.165, 1.54) is 26.5 Å². The molecule has 0 aliphatic carbocycles. The van der Waals surface area contributed by atoms with Gasteiger partial charge in [0.15, 0.2) is 0 Å². The quantitative estimate of drug-likeness (QED) is 0.233. The van der Waals surface area contributed by atoms with Gasteiger partial charge in [-0.25, -0.2) is 4.79 Å². The summed E-state index contributed by atoms with van der Waals surface area (Å²) in [6.07, 6.45) is 1.25. The molecule has 4 N–H and O–H groups in total. The summed E-state index contributed by atoms with van der Waals surface area (Å²) in [6, 6.07) is 13.6. The van der Waals surface area contributed by atoms with E-state index in [1.54, 1.807) is 48.5 Å². The second kappa shape index (κ2) is 21.2. The fraction of sp³-hybridized carbons (Fsp3) is 0.419. The molecule has 0 bridgehead atoms. The van der Waals surface area contributed by atoms with Gasteiger partial charge in [0.25, 0.3) is 11.8 Å². The number of hydrogen-bond acceptors (Lipinski definition) is 7. The van der Waals surface area contributed by atoms with Crippen molar-refractivity contribution in [2.24, 2.45) is 5.92 Å². The van der Waals surface area contributed by atoms with E-state index in [-0.39, 0.29) is 13.1 Å². The van der Waals surface area contributed by atoms with E-state index in [9.17, 15) is 28.8 Å². The van der Waals surface area contributed by atoms with E-state index in [1.807, 2.05) is 0 Å². The molecular weight excluding hydrogens is 540 g/mol. The third kappa shape index (κ3) is 16.5. The van der Waals surface area contributed by atoms with Gasteiger partial charge in [-0.3, -0.25) is 24.0 Å². The second-order valence-electron chi connectivity index (χ2n) is 9.79. The number of carbonyl (C=O) groups is 6. The molecule has 0 aliphatic heterocycles. The minimum Gasteiger partial charge on any atom is -0.465 e. The van der Waals surface area contributed by atoms with E-state index >= 15 is 0 Å². The normalized spacial score (nSPS) is 10.4. The summed E-state index contributed by atoms with van der Waals surface area (Å²) in [5.74, 6) is -3.23. The Morgan fingerprint density at radius 2 is 1.33 bits per heavy atom. The van der Waals surface area contributed by atoms with Crippen LogP contribution in [-0.4, -0.2) is 61.6 Å². The minimum absolute atomic E-state index is 0.00941. The predicted octanol–water partition coefficient (Wildman–Crippen LogP) is 2.79. The first-order chi connectivity index (χ1) is 19.9. The van der Waals surface area contributed by atoms with E-state index in [2.05, 4.69) is 60.6 Å². The second-order valence-corrected chi connectivity index (χ2v) is 9.79. The third-order valence-electron chi connectivity index (χ3n) is 4.69. The fourth-order valence-corrected chi connectivity index (χ4v) is 2.82. The fourth-order valence-electron chi connectivity index (χ4n) is 2.82. The first-order valence-electron chi connectivity index (χ1n) is 13.7. The topological polar surface area (TPSA) is 160 Å². The van der Waals surface area contributed by atoms with Gasteiger partial charge in [0, 0.05) is 12.1 Å². The van der Waals surface area contributed by atoms with Crippen LogP contribution in [-0.2, 0) is 30.5 Å². The zero-order chi connectivity index (χ0) is 32.1. The lowest BCUT2D eigenvalue weighted by atomic mass is 10.1. The molecule has 11 nitrogen and oxygen atoms in total. The Hall–Kier alpha value is -4.54. The number of benzene rings is 2. The maximum atomic E-state index is 12.1. The largest absolute Gasteiger partial charge is 0.465 e. The van der Waals surface area contributed by atoms with Crippen molar-refractivity contribution in [2.75, 3.05) is 20.2 Å². The molecule has 2 aromatic rings.